The lowest BCUT2D eigenvalue weighted by atomic mass is 9.99. The fourth-order valence-electron chi connectivity index (χ4n) is 1.52. The molecule has 1 rings (SSSR count). The summed E-state index contributed by atoms with van der Waals surface area (Å²) in [5.41, 5.74) is 0.165. The number of benzene rings is 1. The molecule has 1 aromatic carbocycles. The van der Waals surface area contributed by atoms with Gasteiger partial charge in [0.2, 0.25) is 0 Å². The van der Waals surface area contributed by atoms with Gasteiger partial charge in [-0.3, -0.25) is 10.1 Å². The maximum atomic E-state index is 11.1. The van der Waals surface area contributed by atoms with E-state index in [0.29, 0.717) is 19.6 Å². The predicted molar refractivity (Wildman–Crippen MR) is 70.8 cm³/mol. The van der Waals surface area contributed by atoms with Crippen molar-refractivity contribution in [3.8, 4) is 5.75 Å². The van der Waals surface area contributed by atoms with Crippen LogP contribution in [0.25, 0.3) is 0 Å². The second-order valence-electron chi connectivity index (χ2n) is 4.42. The van der Waals surface area contributed by atoms with E-state index in [1.807, 2.05) is 38.1 Å². The van der Waals surface area contributed by atoms with Crippen LogP contribution < -0.4 is 10.1 Å². The second-order valence-corrected chi connectivity index (χ2v) is 4.42. The van der Waals surface area contributed by atoms with E-state index in [1.165, 1.54) is 0 Å². The van der Waals surface area contributed by atoms with Crippen LogP contribution in [0.5, 0.6) is 5.75 Å². The quantitative estimate of drug-likeness (QED) is 0.781. The molecular formula is C14H21NO3. The lowest BCUT2D eigenvalue weighted by Gasteiger charge is -2.24. The van der Waals surface area contributed by atoms with E-state index in [1.54, 1.807) is 6.92 Å². The molecule has 2 N–H and O–H groups in total. The molecule has 0 aliphatic heterocycles. The topological polar surface area (TPSA) is 58.6 Å². The van der Waals surface area contributed by atoms with Crippen LogP contribution in [-0.4, -0.2) is 23.2 Å². The molecular weight excluding hydrogens is 230 g/mol. The molecule has 0 spiro atoms. The first-order valence-electron chi connectivity index (χ1n) is 6.22. The van der Waals surface area contributed by atoms with Gasteiger partial charge in [-0.1, -0.05) is 19.1 Å². The fourth-order valence-corrected chi connectivity index (χ4v) is 1.52. The van der Waals surface area contributed by atoms with Crippen molar-refractivity contribution >= 4 is 5.97 Å². The Morgan fingerprint density at radius 1 is 1.33 bits per heavy atom. The SMILES string of the molecule is CCOc1ccc(CNC(C)(CC)C(=O)O)cc1. The molecule has 100 valence electrons. The minimum Gasteiger partial charge on any atom is -0.494 e. The zero-order valence-electron chi connectivity index (χ0n) is 11.2. The van der Waals surface area contributed by atoms with Gasteiger partial charge in [-0.2, -0.15) is 0 Å². The molecule has 18 heavy (non-hydrogen) atoms. The van der Waals surface area contributed by atoms with Crippen LogP contribution in [0.4, 0.5) is 0 Å². The van der Waals surface area contributed by atoms with Gasteiger partial charge in [-0.25, -0.2) is 0 Å². The average molecular weight is 251 g/mol. The Morgan fingerprint density at radius 3 is 2.39 bits per heavy atom. The number of hydrogen-bond acceptors (Lipinski definition) is 3. The van der Waals surface area contributed by atoms with Gasteiger partial charge in [-0.05, 0) is 38.0 Å². The number of aliphatic carboxylic acids is 1. The Labute approximate surface area is 108 Å². The monoisotopic (exact) mass is 251 g/mol. The van der Waals surface area contributed by atoms with Gasteiger partial charge in [0.05, 0.1) is 6.61 Å². The summed E-state index contributed by atoms with van der Waals surface area (Å²) in [6, 6.07) is 7.67. The number of carbonyl (C=O) groups is 1. The highest BCUT2D eigenvalue weighted by atomic mass is 16.5. The molecule has 0 aliphatic carbocycles. The molecule has 0 saturated heterocycles. The van der Waals surface area contributed by atoms with E-state index < -0.39 is 11.5 Å². The van der Waals surface area contributed by atoms with Crippen molar-refractivity contribution in [2.24, 2.45) is 0 Å². The summed E-state index contributed by atoms with van der Waals surface area (Å²) >= 11 is 0. The minimum absolute atomic E-state index is 0.531. The van der Waals surface area contributed by atoms with Crippen LogP contribution in [-0.2, 0) is 11.3 Å². The Balaban J connectivity index is 2.60. The average Bonchev–Trinajstić information content (AvgIpc) is 2.37. The smallest absolute Gasteiger partial charge is 0.323 e. The number of nitrogens with one attached hydrogen (secondary N) is 1. The van der Waals surface area contributed by atoms with Crippen LogP contribution in [0.1, 0.15) is 32.8 Å². The third kappa shape index (κ3) is 3.74. The van der Waals surface area contributed by atoms with Crippen molar-refractivity contribution in [2.45, 2.75) is 39.3 Å². The molecule has 1 unspecified atom stereocenters. The minimum atomic E-state index is -0.876. The van der Waals surface area contributed by atoms with Crippen LogP contribution in [0.3, 0.4) is 0 Å². The largest absolute Gasteiger partial charge is 0.494 e. The van der Waals surface area contributed by atoms with E-state index in [9.17, 15) is 4.79 Å². The number of ether oxygens (including phenoxy) is 1. The lowest BCUT2D eigenvalue weighted by Crippen LogP contribution is -2.48. The first-order chi connectivity index (χ1) is 8.51. The van der Waals surface area contributed by atoms with Crippen molar-refractivity contribution in [1.82, 2.24) is 5.32 Å². The van der Waals surface area contributed by atoms with E-state index in [2.05, 4.69) is 5.32 Å². The molecule has 0 bridgehead atoms. The number of carboxylic acid groups (broad SMARTS) is 1. The molecule has 4 heteroatoms. The first-order valence-corrected chi connectivity index (χ1v) is 6.22. The van der Waals surface area contributed by atoms with Crippen molar-refractivity contribution in [2.75, 3.05) is 6.61 Å². The maximum Gasteiger partial charge on any atom is 0.323 e. The van der Waals surface area contributed by atoms with Gasteiger partial charge >= 0.3 is 5.97 Å². The van der Waals surface area contributed by atoms with E-state index in [4.69, 9.17) is 9.84 Å². The first kappa shape index (κ1) is 14.5. The third-order valence-electron chi connectivity index (χ3n) is 3.10. The fraction of sp³-hybridized carbons (Fsp3) is 0.500. The maximum absolute atomic E-state index is 11.1. The van der Waals surface area contributed by atoms with Gasteiger partial charge in [0.25, 0.3) is 0 Å². The van der Waals surface area contributed by atoms with E-state index in [-0.39, 0.29) is 0 Å². The van der Waals surface area contributed by atoms with Crippen molar-refractivity contribution < 1.29 is 14.6 Å². The highest BCUT2D eigenvalue weighted by molar-refractivity contribution is 5.78. The molecule has 0 radical (unpaired) electrons. The summed E-state index contributed by atoms with van der Waals surface area (Å²) < 4.78 is 5.35. The van der Waals surface area contributed by atoms with Crippen molar-refractivity contribution in [3.63, 3.8) is 0 Å². The Kier molecular flexibility index (Phi) is 5.16. The van der Waals surface area contributed by atoms with Crippen LogP contribution in [0.15, 0.2) is 24.3 Å². The molecule has 4 nitrogen and oxygen atoms in total. The number of carboxylic acids is 1. The molecule has 0 aliphatic rings. The highest BCUT2D eigenvalue weighted by Gasteiger charge is 2.29. The molecule has 0 aromatic heterocycles. The standard InChI is InChI=1S/C14H21NO3/c1-4-14(3,13(16)17)15-10-11-6-8-12(9-7-11)18-5-2/h6-9,15H,4-5,10H2,1-3H3,(H,16,17). The number of hydrogen-bond donors (Lipinski definition) is 2. The summed E-state index contributed by atoms with van der Waals surface area (Å²) in [6.07, 6.45) is 0.541. The highest BCUT2D eigenvalue weighted by Crippen LogP contribution is 2.14. The van der Waals surface area contributed by atoms with Gasteiger partial charge in [0.1, 0.15) is 11.3 Å². The van der Waals surface area contributed by atoms with Gasteiger partial charge < -0.3 is 9.84 Å². The Morgan fingerprint density at radius 2 is 1.94 bits per heavy atom. The van der Waals surface area contributed by atoms with Crippen LogP contribution in [0, 0.1) is 0 Å². The summed E-state index contributed by atoms with van der Waals surface area (Å²) in [7, 11) is 0. The van der Waals surface area contributed by atoms with Crippen LogP contribution >= 0.6 is 0 Å². The lowest BCUT2D eigenvalue weighted by molar-refractivity contribution is -0.144. The molecule has 1 atom stereocenters. The third-order valence-corrected chi connectivity index (χ3v) is 3.10. The summed E-state index contributed by atoms with van der Waals surface area (Å²) in [6.45, 7) is 6.67. The van der Waals surface area contributed by atoms with Crippen molar-refractivity contribution in [1.29, 1.82) is 0 Å². The Hall–Kier alpha value is -1.55. The summed E-state index contributed by atoms with van der Waals surface area (Å²) in [5, 5.41) is 12.2. The van der Waals surface area contributed by atoms with Gasteiger partial charge in [-0.15, -0.1) is 0 Å². The predicted octanol–water partition coefficient (Wildman–Crippen LogP) is 2.43. The van der Waals surface area contributed by atoms with Crippen LogP contribution in [0.2, 0.25) is 0 Å². The van der Waals surface area contributed by atoms with E-state index >= 15 is 0 Å². The number of rotatable bonds is 7. The van der Waals surface area contributed by atoms with Gasteiger partial charge in [0, 0.05) is 6.54 Å². The van der Waals surface area contributed by atoms with Gasteiger partial charge in [0.15, 0.2) is 0 Å². The summed E-state index contributed by atoms with van der Waals surface area (Å²) in [5.74, 6) is 0.00803. The van der Waals surface area contributed by atoms with E-state index in [0.717, 1.165) is 11.3 Å². The zero-order valence-corrected chi connectivity index (χ0v) is 11.2. The second kappa shape index (κ2) is 6.40. The molecule has 0 amide bonds. The normalized spacial score (nSPS) is 13.9. The summed E-state index contributed by atoms with van der Waals surface area (Å²) in [4.78, 5) is 11.1. The molecule has 0 fully saturated rings. The zero-order chi connectivity index (χ0) is 13.6. The molecule has 1 aromatic rings. The molecule has 0 saturated carbocycles. The van der Waals surface area contributed by atoms with Crippen molar-refractivity contribution in [3.05, 3.63) is 29.8 Å². The molecule has 0 heterocycles. The Bertz CT molecular complexity index is 389.